The fraction of sp³-hybridized carbons (Fsp3) is 0.429. The standard InChI is InChI=1S/C14H17N3O4/c15-13(19)10-4-3-7-17(8-10)12(18)9-21-14(20)11-5-1-2-6-16-11/h1-2,5-6,10H,3-4,7-9H2,(H2,15,19)/t10-/m0/s1. The summed E-state index contributed by atoms with van der Waals surface area (Å²) in [5, 5.41) is 0. The Labute approximate surface area is 122 Å². The zero-order valence-electron chi connectivity index (χ0n) is 11.5. The second-order valence-corrected chi connectivity index (χ2v) is 4.87. The van der Waals surface area contributed by atoms with Crippen LogP contribution in [0.25, 0.3) is 0 Å². The van der Waals surface area contributed by atoms with Crippen molar-refractivity contribution in [3.63, 3.8) is 0 Å². The predicted molar refractivity (Wildman–Crippen MR) is 73.0 cm³/mol. The van der Waals surface area contributed by atoms with Crippen LogP contribution in [0.1, 0.15) is 23.3 Å². The van der Waals surface area contributed by atoms with Gasteiger partial charge in [0, 0.05) is 19.3 Å². The number of esters is 1. The molecule has 0 aliphatic carbocycles. The summed E-state index contributed by atoms with van der Waals surface area (Å²) < 4.78 is 4.93. The summed E-state index contributed by atoms with van der Waals surface area (Å²) in [6.45, 7) is 0.472. The van der Waals surface area contributed by atoms with Gasteiger partial charge in [0.2, 0.25) is 5.91 Å². The number of rotatable bonds is 4. The first kappa shape index (κ1) is 15.0. The highest BCUT2D eigenvalue weighted by atomic mass is 16.5. The van der Waals surface area contributed by atoms with Crippen molar-refractivity contribution in [2.45, 2.75) is 12.8 Å². The third-order valence-electron chi connectivity index (χ3n) is 3.38. The van der Waals surface area contributed by atoms with E-state index in [1.165, 1.54) is 17.2 Å². The number of likely N-dealkylation sites (tertiary alicyclic amines) is 1. The van der Waals surface area contributed by atoms with Crippen molar-refractivity contribution in [1.82, 2.24) is 9.88 Å². The Hall–Kier alpha value is -2.44. The summed E-state index contributed by atoms with van der Waals surface area (Å²) in [7, 11) is 0. The van der Waals surface area contributed by atoms with Gasteiger partial charge in [0.15, 0.2) is 6.61 Å². The minimum atomic E-state index is -0.646. The van der Waals surface area contributed by atoms with Gasteiger partial charge in [-0.1, -0.05) is 6.07 Å². The van der Waals surface area contributed by atoms with Gasteiger partial charge in [-0.15, -0.1) is 0 Å². The summed E-state index contributed by atoms with van der Waals surface area (Å²) in [5.41, 5.74) is 5.41. The van der Waals surface area contributed by atoms with Crippen molar-refractivity contribution >= 4 is 17.8 Å². The Kier molecular flexibility index (Phi) is 4.86. The molecular weight excluding hydrogens is 274 g/mol. The maximum absolute atomic E-state index is 12.0. The molecule has 1 saturated heterocycles. The van der Waals surface area contributed by atoms with Crippen molar-refractivity contribution in [2.24, 2.45) is 11.7 Å². The zero-order chi connectivity index (χ0) is 15.2. The predicted octanol–water partition coefficient (Wildman–Crippen LogP) is -0.0377. The molecule has 2 heterocycles. The molecule has 1 aromatic rings. The molecule has 2 rings (SSSR count). The van der Waals surface area contributed by atoms with E-state index < -0.39 is 11.9 Å². The summed E-state index contributed by atoms with van der Waals surface area (Å²) in [6, 6.07) is 4.85. The van der Waals surface area contributed by atoms with E-state index in [1.54, 1.807) is 12.1 Å². The minimum Gasteiger partial charge on any atom is -0.451 e. The molecule has 2 N–H and O–H groups in total. The van der Waals surface area contributed by atoms with Crippen molar-refractivity contribution in [1.29, 1.82) is 0 Å². The Morgan fingerprint density at radius 1 is 1.38 bits per heavy atom. The van der Waals surface area contributed by atoms with Crippen LogP contribution < -0.4 is 5.73 Å². The third kappa shape index (κ3) is 4.01. The fourth-order valence-corrected chi connectivity index (χ4v) is 2.21. The van der Waals surface area contributed by atoms with Crippen LogP contribution in [0.5, 0.6) is 0 Å². The summed E-state index contributed by atoms with van der Waals surface area (Å²) >= 11 is 0. The normalized spacial score (nSPS) is 18.1. The maximum atomic E-state index is 12.0. The number of nitrogens with zero attached hydrogens (tertiary/aromatic N) is 2. The molecule has 1 aromatic heterocycles. The lowest BCUT2D eigenvalue weighted by Gasteiger charge is -2.30. The molecule has 0 bridgehead atoms. The maximum Gasteiger partial charge on any atom is 0.357 e. The van der Waals surface area contributed by atoms with Gasteiger partial charge in [-0.25, -0.2) is 9.78 Å². The number of amides is 2. The van der Waals surface area contributed by atoms with Crippen LogP contribution in [0.15, 0.2) is 24.4 Å². The highest BCUT2D eigenvalue weighted by molar-refractivity contribution is 5.89. The number of hydrogen-bond acceptors (Lipinski definition) is 5. The second-order valence-electron chi connectivity index (χ2n) is 4.87. The molecule has 2 amide bonds. The summed E-state index contributed by atoms with van der Waals surface area (Å²) in [4.78, 5) is 40.2. The molecule has 0 unspecified atom stereocenters. The van der Waals surface area contributed by atoms with E-state index in [0.29, 0.717) is 19.4 Å². The highest BCUT2D eigenvalue weighted by Crippen LogP contribution is 2.16. The number of hydrogen-bond donors (Lipinski definition) is 1. The summed E-state index contributed by atoms with van der Waals surface area (Å²) in [5.74, 6) is -1.70. The lowest BCUT2D eigenvalue weighted by Crippen LogP contribution is -2.45. The van der Waals surface area contributed by atoms with Crippen molar-refractivity contribution in [2.75, 3.05) is 19.7 Å². The van der Waals surface area contributed by atoms with E-state index in [2.05, 4.69) is 4.98 Å². The van der Waals surface area contributed by atoms with Crippen LogP contribution in [0.4, 0.5) is 0 Å². The summed E-state index contributed by atoms with van der Waals surface area (Å²) in [6.07, 6.45) is 2.88. The van der Waals surface area contributed by atoms with Crippen LogP contribution >= 0.6 is 0 Å². The van der Waals surface area contributed by atoms with Crippen LogP contribution in [-0.2, 0) is 14.3 Å². The molecule has 0 spiro atoms. The van der Waals surface area contributed by atoms with Gasteiger partial charge in [0.1, 0.15) is 5.69 Å². The lowest BCUT2D eigenvalue weighted by atomic mass is 9.97. The van der Waals surface area contributed by atoms with E-state index in [9.17, 15) is 14.4 Å². The van der Waals surface area contributed by atoms with Gasteiger partial charge in [-0.2, -0.15) is 0 Å². The average Bonchev–Trinajstić information content (AvgIpc) is 2.53. The number of aromatic nitrogens is 1. The van der Waals surface area contributed by atoms with Crippen molar-refractivity contribution < 1.29 is 19.1 Å². The molecule has 1 aliphatic rings. The lowest BCUT2D eigenvalue weighted by molar-refractivity contribution is -0.137. The Morgan fingerprint density at radius 3 is 2.86 bits per heavy atom. The Bertz CT molecular complexity index is 532. The number of pyridine rings is 1. The molecule has 1 atom stereocenters. The number of carbonyl (C=O) groups is 3. The number of nitrogens with two attached hydrogens (primary N) is 1. The number of piperidine rings is 1. The smallest absolute Gasteiger partial charge is 0.357 e. The quantitative estimate of drug-likeness (QED) is 0.784. The van der Waals surface area contributed by atoms with E-state index in [-0.39, 0.29) is 30.7 Å². The van der Waals surface area contributed by atoms with Crippen LogP contribution in [0.2, 0.25) is 0 Å². The van der Waals surface area contributed by atoms with Crippen molar-refractivity contribution in [3.05, 3.63) is 30.1 Å². The van der Waals surface area contributed by atoms with E-state index in [4.69, 9.17) is 10.5 Å². The SMILES string of the molecule is NC(=O)[C@H]1CCCN(C(=O)COC(=O)c2ccccn2)C1. The number of carbonyl (C=O) groups excluding carboxylic acids is 3. The fourth-order valence-electron chi connectivity index (χ4n) is 2.21. The first-order valence-corrected chi connectivity index (χ1v) is 6.73. The van der Waals surface area contributed by atoms with Gasteiger partial charge in [-0.3, -0.25) is 9.59 Å². The third-order valence-corrected chi connectivity index (χ3v) is 3.38. The Balaban J connectivity index is 1.84. The second kappa shape index (κ2) is 6.83. The van der Waals surface area contributed by atoms with Crippen LogP contribution in [0, 0.1) is 5.92 Å². The molecule has 7 heteroatoms. The average molecular weight is 291 g/mol. The molecule has 0 radical (unpaired) electrons. The monoisotopic (exact) mass is 291 g/mol. The molecule has 7 nitrogen and oxygen atoms in total. The topological polar surface area (TPSA) is 103 Å². The first-order valence-electron chi connectivity index (χ1n) is 6.73. The number of primary amides is 1. The molecule has 0 saturated carbocycles. The van der Waals surface area contributed by atoms with E-state index in [1.807, 2.05) is 0 Å². The largest absolute Gasteiger partial charge is 0.451 e. The molecule has 0 aromatic carbocycles. The Morgan fingerprint density at radius 2 is 2.19 bits per heavy atom. The zero-order valence-corrected chi connectivity index (χ0v) is 11.5. The molecule has 1 aliphatic heterocycles. The van der Waals surface area contributed by atoms with Gasteiger partial charge in [0.25, 0.3) is 5.91 Å². The van der Waals surface area contributed by atoms with Crippen LogP contribution in [-0.4, -0.2) is 47.4 Å². The van der Waals surface area contributed by atoms with Gasteiger partial charge in [0.05, 0.1) is 5.92 Å². The van der Waals surface area contributed by atoms with Gasteiger partial charge in [-0.05, 0) is 25.0 Å². The molecule has 112 valence electrons. The molecule has 1 fully saturated rings. The molecule has 21 heavy (non-hydrogen) atoms. The van der Waals surface area contributed by atoms with Crippen LogP contribution in [0.3, 0.4) is 0 Å². The van der Waals surface area contributed by atoms with E-state index >= 15 is 0 Å². The number of ether oxygens (including phenoxy) is 1. The van der Waals surface area contributed by atoms with Gasteiger partial charge < -0.3 is 15.4 Å². The van der Waals surface area contributed by atoms with Crippen molar-refractivity contribution in [3.8, 4) is 0 Å². The first-order chi connectivity index (χ1) is 10.1. The highest BCUT2D eigenvalue weighted by Gasteiger charge is 2.27. The molecular formula is C14H17N3O4. The van der Waals surface area contributed by atoms with E-state index in [0.717, 1.165) is 0 Å². The minimum absolute atomic E-state index is 0.152. The van der Waals surface area contributed by atoms with Gasteiger partial charge >= 0.3 is 5.97 Å².